The molecule has 3 rings (SSSR count). The van der Waals surface area contributed by atoms with Gasteiger partial charge in [0.1, 0.15) is 0 Å². The van der Waals surface area contributed by atoms with Gasteiger partial charge >= 0.3 is 0 Å². The Balaban J connectivity index is 1.69. The third-order valence-electron chi connectivity index (χ3n) is 4.49. The molecule has 28 heavy (non-hydrogen) atoms. The fourth-order valence-corrected chi connectivity index (χ4v) is 5.01. The Bertz CT molecular complexity index is 1080. The standard InChI is InChI=1S/C16H21N5O5S2/c1-20-10-15(18-11-20)28(25,26)21-8-2-3-12(9-21)16(22)19-13-4-6-14(7-5-13)27(17,23)24/h4-7,10-12H,2-3,8-9H2,1H3,(H,19,22)(H2,17,23,24)/t12-/m1/s1. The van der Waals surface area contributed by atoms with Crippen LogP contribution in [0.5, 0.6) is 0 Å². The maximum Gasteiger partial charge on any atom is 0.262 e. The maximum atomic E-state index is 12.7. The first kappa shape index (κ1) is 20.5. The van der Waals surface area contributed by atoms with Crippen LogP contribution in [0.4, 0.5) is 5.69 Å². The molecular formula is C16H21N5O5S2. The molecule has 1 aliphatic rings. The Morgan fingerprint density at radius 1 is 1.21 bits per heavy atom. The van der Waals surface area contributed by atoms with E-state index in [0.29, 0.717) is 25.1 Å². The Hall–Kier alpha value is -2.28. The van der Waals surface area contributed by atoms with Gasteiger partial charge in [-0.25, -0.2) is 27.0 Å². The van der Waals surface area contributed by atoms with Gasteiger partial charge < -0.3 is 9.88 Å². The highest BCUT2D eigenvalue weighted by Gasteiger charge is 2.34. The third kappa shape index (κ3) is 4.41. The van der Waals surface area contributed by atoms with Crippen molar-refractivity contribution in [2.75, 3.05) is 18.4 Å². The van der Waals surface area contributed by atoms with E-state index in [-0.39, 0.29) is 22.4 Å². The predicted octanol–water partition coefficient (Wildman–Crippen LogP) is 0.107. The first-order valence-electron chi connectivity index (χ1n) is 8.49. The highest BCUT2D eigenvalue weighted by Crippen LogP contribution is 2.24. The number of nitrogens with two attached hydrogens (primary N) is 1. The second-order valence-corrected chi connectivity index (χ2v) is 10.1. The van der Waals surface area contributed by atoms with Crippen LogP contribution in [0.1, 0.15) is 12.8 Å². The summed E-state index contributed by atoms with van der Waals surface area (Å²) in [4.78, 5) is 16.4. The lowest BCUT2D eigenvalue weighted by Crippen LogP contribution is -2.43. The Morgan fingerprint density at radius 2 is 1.89 bits per heavy atom. The van der Waals surface area contributed by atoms with Crippen molar-refractivity contribution in [3.8, 4) is 0 Å². The van der Waals surface area contributed by atoms with Gasteiger partial charge in [-0.1, -0.05) is 0 Å². The van der Waals surface area contributed by atoms with Gasteiger partial charge in [0.15, 0.2) is 5.03 Å². The Morgan fingerprint density at radius 3 is 2.46 bits per heavy atom. The van der Waals surface area contributed by atoms with Crippen molar-refractivity contribution in [2.45, 2.75) is 22.8 Å². The van der Waals surface area contributed by atoms with Crippen molar-refractivity contribution in [2.24, 2.45) is 18.1 Å². The van der Waals surface area contributed by atoms with Crippen molar-refractivity contribution in [3.05, 3.63) is 36.8 Å². The van der Waals surface area contributed by atoms with Gasteiger partial charge in [0.05, 0.1) is 17.1 Å². The van der Waals surface area contributed by atoms with Crippen LogP contribution in [-0.2, 0) is 31.9 Å². The molecule has 0 bridgehead atoms. The molecule has 2 aromatic rings. The number of rotatable bonds is 5. The van der Waals surface area contributed by atoms with E-state index in [4.69, 9.17) is 5.14 Å². The van der Waals surface area contributed by atoms with Gasteiger partial charge in [-0.2, -0.15) is 4.31 Å². The largest absolute Gasteiger partial charge is 0.339 e. The molecule has 0 aliphatic carbocycles. The molecule has 3 N–H and O–H groups in total. The van der Waals surface area contributed by atoms with Crippen LogP contribution in [0.25, 0.3) is 0 Å². The molecular weight excluding hydrogens is 406 g/mol. The molecule has 152 valence electrons. The van der Waals surface area contributed by atoms with Gasteiger partial charge in [-0.3, -0.25) is 4.79 Å². The molecule has 10 nitrogen and oxygen atoms in total. The van der Waals surface area contributed by atoms with Crippen LogP contribution in [0.15, 0.2) is 46.7 Å². The number of carbonyl (C=O) groups is 1. The molecule has 0 radical (unpaired) electrons. The number of primary sulfonamides is 1. The summed E-state index contributed by atoms with van der Waals surface area (Å²) in [7, 11) is -5.89. The van der Waals surface area contributed by atoms with Gasteiger partial charge in [0.2, 0.25) is 15.9 Å². The number of amides is 1. The molecule has 1 aliphatic heterocycles. The quantitative estimate of drug-likeness (QED) is 0.693. The summed E-state index contributed by atoms with van der Waals surface area (Å²) in [6.45, 7) is 0.381. The van der Waals surface area contributed by atoms with Crippen LogP contribution in [0.3, 0.4) is 0 Å². The normalized spacial score (nSPS) is 18.7. The van der Waals surface area contributed by atoms with Crippen LogP contribution < -0.4 is 10.5 Å². The number of aromatic nitrogens is 2. The topological polar surface area (TPSA) is 144 Å². The smallest absolute Gasteiger partial charge is 0.262 e. The second kappa shape index (κ2) is 7.62. The van der Waals surface area contributed by atoms with Crippen molar-refractivity contribution < 1.29 is 21.6 Å². The highest BCUT2D eigenvalue weighted by atomic mass is 32.2. The van der Waals surface area contributed by atoms with Crippen LogP contribution >= 0.6 is 0 Å². The van der Waals surface area contributed by atoms with Crippen LogP contribution in [0, 0.1) is 5.92 Å². The lowest BCUT2D eigenvalue weighted by atomic mass is 9.99. The van der Waals surface area contributed by atoms with Gasteiger partial charge in [-0.15, -0.1) is 0 Å². The Kier molecular flexibility index (Phi) is 5.57. The molecule has 1 saturated heterocycles. The number of piperidine rings is 1. The molecule has 0 saturated carbocycles. The lowest BCUT2D eigenvalue weighted by Gasteiger charge is -2.30. The number of sulfonamides is 2. The minimum Gasteiger partial charge on any atom is -0.339 e. The molecule has 1 fully saturated rings. The molecule has 0 unspecified atom stereocenters. The van der Waals surface area contributed by atoms with Gasteiger partial charge in [0, 0.05) is 32.0 Å². The molecule has 1 amide bonds. The first-order valence-corrected chi connectivity index (χ1v) is 11.5. The summed E-state index contributed by atoms with van der Waals surface area (Å²) in [5, 5.41) is 7.69. The second-order valence-electron chi connectivity index (χ2n) is 6.64. The number of carbonyl (C=O) groups excluding carboxylic acids is 1. The fourth-order valence-electron chi connectivity index (χ4n) is 3.00. The zero-order valence-corrected chi connectivity index (χ0v) is 16.8. The zero-order valence-electron chi connectivity index (χ0n) is 15.1. The van der Waals surface area contributed by atoms with E-state index < -0.39 is 26.0 Å². The number of hydrogen-bond donors (Lipinski definition) is 2. The number of benzene rings is 1. The lowest BCUT2D eigenvalue weighted by molar-refractivity contribution is -0.120. The van der Waals surface area contributed by atoms with E-state index in [9.17, 15) is 21.6 Å². The van der Waals surface area contributed by atoms with Crippen molar-refractivity contribution in [1.29, 1.82) is 0 Å². The molecule has 0 spiro atoms. The molecule has 2 heterocycles. The number of hydrogen-bond acceptors (Lipinski definition) is 6. The summed E-state index contributed by atoms with van der Waals surface area (Å²) in [5.74, 6) is -0.852. The van der Waals surface area contributed by atoms with Crippen LogP contribution in [0.2, 0.25) is 0 Å². The molecule has 1 aromatic heterocycles. The monoisotopic (exact) mass is 427 g/mol. The summed E-state index contributed by atoms with van der Waals surface area (Å²) in [5.41, 5.74) is 0.405. The fraction of sp³-hybridized carbons (Fsp3) is 0.375. The van der Waals surface area contributed by atoms with Crippen molar-refractivity contribution in [3.63, 3.8) is 0 Å². The van der Waals surface area contributed by atoms with E-state index in [1.807, 2.05) is 0 Å². The average molecular weight is 428 g/mol. The predicted molar refractivity (Wildman–Crippen MR) is 101 cm³/mol. The van der Waals surface area contributed by atoms with Gasteiger partial charge in [0.25, 0.3) is 10.0 Å². The summed E-state index contributed by atoms with van der Waals surface area (Å²) < 4.78 is 50.8. The number of anilines is 1. The summed E-state index contributed by atoms with van der Waals surface area (Å²) >= 11 is 0. The van der Waals surface area contributed by atoms with Crippen molar-refractivity contribution >= 4 is 31.6 Å². The van der Waals surface area contributed by atoms with Crippen molar-refractivity contribution in [1.82, 2.24) is 13.9 Å². The maximum absolute atomic E-state index is 12.7. The molecule has 1 aromatic carbocycles. The van der Waals surface area contributed by atoms with Crippen LogP contribution in [-0.4, -0.2) is 49.7 Å². The minimum absolute atomic E-state index is 0.0466. The third-order valence-corrected chi connectivity index (χ3v) is 7.17. The summed E-state index contributed by atoms with van der Waals surface area (Å²) in [6.07, 6.45) is 3.93. The van der Waals surface area contributed by atoms with E-state index in [2.05, 4.69) is 10.3 Å². The summed E-state index contributed by atoms with van der Waals surface area (Å²) in [6, 6.07) is 5.46. The molecule has 1 atom stereocenters. The number of imidazole rings is 1. The molecule has 12 heteroatoms. The number of nitrogens with one attached hydrogen (secondary N) is 1. The average Bonchev–Trinajstić information content (AvgIpc) is 3.09. The first-order chi connectivity index (χ1) is 13.1. The number of aryl methyl sites for hydroxylation is 1. The van der Waals surface area contributed by atoms with Gasteiger partial charge in [-0.05, 0) is 37.1 Å². The SMILES string of the molecule is Cn1cnc(S(=O)(=O)N2CCC[C@@H](C(=O)Nc3ccc(S(N)(=O)=O)cc3)C2)c1. The van der Waals surface area contributed by atoms with E-state index >= 15 is 0 Å². The van der Waals surface area contributed by atoms with E-state index in [1.165, 1.54) is 41.1 Å². The number of nitrogens with zero attached hydrogens (tertiary/aromatic N) is 3. The van der Waals surface area contributed by atoms with E-state index in [1.54, 1.807) is 11.6 Å². The minimum atomic E-state index is -3.81. The van der Waals surface area contributed by atoms with E-state index in [0.717, 1.165) is 0 Å². The Labute approximate surface area is 163 Å². The highest BCUT2D eigenvalue weighted by molar-refractivity contribution is 7.89. The zero-order chi connectivity index (χ0) is 20.5.